The Bertz CT molecular complexity index is 1340. The molecule has 0 atom stereocenters. The van der Waals surface area contributed by atoms with Gasteiger partial charge in [-0.25, -0.2) is 9.37 Å². The highest BCUT2D eigenvalue weighted by Crippen LogP contribution is 2.17. The SMILES string of the molecule is N#CC(C#N)=c1c2cc(F)ccc2n2c(=O)c3ccccc3nc12. The van der Waals surface area contributed by atoms with Crippen LogP contribution in [0.5, 0.6) is 0 Å². The van der Waals surface area contributed by atoms with Crippen LogP contribution in [0.1, 0.15) is 0 Å². The van der Waals surface area contributed by atoms with Gasteiger partial charge in [0.2, 0.25) is 0 Å². The van der Waals surface area contributed by atoms with E-state index in [4.69, 9.17) is 0 Å². The van der Waals surface area contributed by atoms with Gasteiger partial charge in [0.05, 0.1) is 21.6 Å². The standard InChI is InChI=1S/C18H7FN4O/c19-11-5-6-15-13(7-11)16(10(8-20)9-21)17-22-14-4-2-1-3-12(14)18(24)23(15)17/h1-7H. The number of para-hydroxylation sites is 1. The van der Waals surface area contributed by atoms with E-state index in [1.54, 1.807) is 36.4 Å². The number of nitriles is 2. The topological polar surface area (TPSA) is 82.0 Å². The van der Waals surface area contributed by atoms with Gasteiger partial charge in [0.1, 0.15) is 23.5 Å². The minimum Gasteiger partial charge on any atom is -0.268 e. The van der Waals surface area contributed by atoms with Crippen molar-refractivity contribution >= 4 is 33.0 Å². The van der Waals surface area contributed by atoms with E-state index >= 15 is 0 Å². The van der Waals surface area contributed by atoms with Crippen molar-refractivity contribution in [2.45, 2.75) is 0 Å². The molecule has 5 nitrogen and oxygen atoms in total. The number of rotatable bonds is 0. The first-order valence-corrected chi connectivity index (χ1v) is 7.02. The molecule has 2 heterocycles. The minimum absolute atomic E-state index is 0.178. The van der Waals surface area contributed by atoms with Gasteiger partial charge in [-0.3, -0.25) is 9.20 Å². The van der Waals surface area contributed by atoms with Crippen LogP contribution in [0.3, 0.4) is 0 Å². The van der Waals surface area contributed by atoms with E-state index < -0.39 is 5.82 Å². The molecule has 0 unspecified atom stereocenters. The lowest BCUT2D eigenvalue weighted by atomic mass is 10.1. The third-order valence-electron chi connectivity index (χ3n) is 3.94. The van der Waals surface area contributed by atoms with E-state index in [0.717, 1.165) is 0 Å². The molecule has 2 aromatic carbocycles. The zero-order valence-corrected chi connectivity index (χ0v) is 12.1. The monoisotopic (exact) mass is 314 g/mol. The van der Waals surface area contributed by atoms with Gasteiger partial charge in [-0.2, -0.15) is 10.5 Å². The molecule has 0 spiro atoms. The molecule has 0 aliphatic heterocycles. The lowest BCUT2D eigenvalue weighted by molar-refractivity contribution is 0.629. The fourth-order valence-corrected chi connectivity index (χ4v) is 2.93. The smallest absolute Gasteiger partial charge is 0.266 e. The number of hydrogen-bond donors (Lipinski definition) is 0. The van der Waals surface area contributed by atoms with E-state index in [1.807, 2.05) is 0 Å². The van der Waals surface area contributed by atoms with Gasteiger partial charge in [0.15, 0.2) is 5.65 Å². The molecule has 0 bridgehead atoms. The van der Waals surface area contributed by atoms with Gasteiger partial charge >= 0.3 is 0 Å². The summed E-state index contributed by atoms with van der Waals surface area (Å²) in [7, 11) is 0. The molecule has 0 aliphatic rings. The quantitative estimate of drug-likeness (QED) is 0.497. The van der Waals surface area contributed by atoms with E-state index in [9.17, 15) is 19.7 Å². The Morgan fingerprint density at radius 1 is 1.08 bits per heavy atom. The average Bonchev–Trinajstić information content (AvgIpc) is 2.90. The number of hydrogen-bond acceptors (Lipinski definition) is 4. The van der Waals surface area contributed by atoms with Gasteiger partial charge < -0.3 is 0 Å². The van der Waals surface area contributed by atoms with Gasteiger partial charge in [-0.15, -0.1) is 0 Å². The maximum atomic E-state index is 13.7. The molecular weight excluding hydrogens is 307 g/mol. The first-order chi connectivity index (χ1) is 11.7. The van der Waals surface area contributed by atoms with Crippen LogP contribution in [0.25, 0.3) is 33.0 Å². The zero-order valence-electron chi connectivity index (χ0n) is 12.1. The Balaban J connectivity index is 2.49. The lowest BCUT2D eigenvalue weighted by Gasteiger charge is -1.99. The number of aromatic nitrogens is 2. The molecule has 0 N–H and O–H groups in total. The molecule has 0 amide bonds. The first kappa shape index (κ1) is 13.9. The van der Waals surface area contributed by atoms with E-state index in [1.165, 1.54) is 22.6 Å². The molecule has 6 heteroatoms. The fourth-order valence-electron chi connectivity index (χ4n) is 2.93. The second kappa shape index (κ2) is 4.87. The zero-order chi connectivity index (χ0) is 16.8. The number of benzene rings is 2. The largest absolute Gasteiger partial charge is 0.268 e. The molecule has 112 valence electrons. The second-order valence-electron chi connectivity index (χ2n) is 5.23. The van der Waals surface area contributed by atoms with Crippen LogP contribution in [-0.2, 0) is 0 Å². The van der Waals surface area contributed by atoms with Crippen molar-refractivity contribution in [3.05, 3.63) is 63.9 Å². The molecule has 4 rings (SSSR count). The summed E-state index contributed by atoms with van der Waals surface area (Å²) in [5.41, 5.74) is 0.503. The molecule has 0 aliphatic carbocycles. The van der Waals surface area contributed by atoms with Crippen molar-refractivity contribution in [2.75, 3.05) is 0 Å². The number of halogens is 1. The van der Waals surface area contributed by atoms with Crippen LogP contribution >= 0.6 is 0 Å². The lowest BCUT2D eigenvalue weighted by Crippen LogP contribution is -2.16. The Kier molecular flexibility index (Phi) is 2.81. The Morgan fingerprint density at radius 3 is 2.58 bits per heavy atom. The van der Waals surface area contributed by atoms with Crippen LogP contribution in [-0.4, -0.2) is 9.38 Å². The molecule has 0 radical (unpaired) electrons. The van der Waals surface area contributed by atoms with Crippen molar-refractivity contribution in [1.82, 2.24) is 9.38 Å². The predicted octanol–water partition coefficient (Wildman–Crippen LogP) is 2.06. The third-order valence-corrected chi connectivity index (χ3v) is 3.94. The van der Waals surface area contributed by atoms with Crippen molar-refractivity contribution in [1.29, 1.82) is 10.5 Å². The average molecular weight is 314 g/mol. The van der Waals surface area contributed by atoms with Crippen molar-refractivity contribution in [3.63, 3.8) is 0 Å². The molecule has 0 fully saturated rings. The maximum absolute atomic E-state index is 13.7. The normalized spacial score (nSPS) is 10.8. The van der Waals surface area contributed by atoms with Crippen LogP contribution in [0.15, 0.2) is 47.3 Å². The number of nitrogens with zero attached hydrogens (tertiary/aromatic N) is 4. The Hall–Kier alpha value is -3.77. The maximum Gasteiger partial charge on any atom is 0.266 e. The summed E-state index contributed by atoms with van der Waals surface area (Å²) in [5, 5.41) is 19.4. The summed E-state index contributed by atoms with van der Waals surface area (Å²) >= 11 is 0. The predicted molar refractivity (Wildman–Crippen MR) is 86.3 cm³/mol. The van der Waals surface area contributed by atoms with Gasteiger partial charge in [-0.1, -0.05) is 12.1 Å². The Labute approximate surface area is 134 Å². The summed E-state index contributed by atoms with van der Waals surface area (Å²) in [5.74, 6) is -0.521. The van der Waals surface area contributed by atoms with E-state index in [-0.39, 0.29) is 22.0 Å². The van der Waals surface area contributed by atoms with Gasteiger partial charge in [-0.05, 0) is 30.3 Å². The summed E-state index contributed by atoms with van der Waals surface area (Å²) in [6.45, 7) is 0. The van der Waals surface area contributed by atoms with Crippen LogP contribution in [0.2, 0.25) is 0 Å². The van der Waals surface area contributed by atoms with Crippen molar-refractivity contribution in [2.24, 2.45) is 0 Å². The molecule has 2 aromatic heterocycles. The molecule has 24 heavy (non-hydrogen) atoms. The van der Waals surface area contributed by atoms with Crippen molar-refractivity contribution in [3.8, 4) is 12.1 Å². The fraction of sp³-hybridized carbons (Fsp3) is 0. The number of fused-ring (bicyclic) bond motifs is 4. The third kappa shape index (κ3) is 1.71. The second-order valence-corrected chi connectivity index (χ2v) is 5.23. The van der Waals surface area contributed by atoms with E-state index in [2.05, 4.69) is 4.98 Å². The molecule has 4 aromatic rings. The highest BCUT2D eigenvalue weighted by Gasteiger charge is 2.16. The Morgan fingerprint density at radius 2 is 1.83 bits per heavy atom. The highest BCUT2D eigenvalue weighted by molar-refractivity contribution is 5.95. The van der Waals surface area contributed by atoms with Crippen LogP contribution < -0.4 is 10.8 Å². The molecular formula is C18H7FN4O. The van der Waals surface area contributed by atoms with Gasteiger partial charge in [0.25, 0.3) is 5.56 Å². The first-order valence-electron chi connectivity index (χ1n) is 7.02. The van der Waals surface area contributed by atoms with Crippen LogP contribution in [0.4, 0.5) is 4.39 Å². The van der Waals surface area contributed by atoms with E-state index in [0.29, 0.717) is 21.8 Å². The minimum atomic E-state index is -0.521. The summed E-state index contributed by atoms with van der Waals surface area (Å²) in [6.07, 6.45) is 0. The van der Waals surface area contributed by atoms with Crippen LogP contribution in [0, 0.1) is 28.5 Å². The molecule has 0 saturated carbocycles. The summed E-state index contributed by atoms with van der Waals surface area (Å²) in [6, 6.07) is 14.3. The van der Waals surface area contributed by atoms with Crippen molar-refractivity contribution < 1.29 is 4.39 Å². The summed E-state index contributed by atoms with van der Waals surface area (Å²) < 4.78 is 15.0. The highest BCUT2D eigenvalue weighted by atomic mass is 19.1. The molecule has 0 saturated heterocycles. The van der Waals surface area contributed by atoms with Gasteiger partial charge in [0, 0.05) is 5.39 Å². The summed E-state index contributed by atoms with van der Waals surface area (Å²) in [4.78, 5) is 17.3.